The summed E-state index contributed by atoms with van der Waals surface area (Å²) in [6, 6.07) is 27.9. The molecule has 188 valence electrons. The second-order valence-corrected chi connectivity index (χ2v) is 9.50. The van der Waals surface area contributed by atoms with Crippen molar-refractivity contribution in [2.45, 2.75) is 13.0 Å². The molecule has 7 nitrogen and oxygen atoms in total. The summed E-state index contributed by atoms with van der Waals surface area (Å²) in [5.74, 6) is -2.06. The normalized spacial score (nSPS) is 10.8. The molecule has 0 bridgehead atoms. The number of hydrogen-bond donors (Lipinski definition) is 3. The predicted octanol–water partition coefficient (Wildman–Crippen LogP) is 5.28. The number of nitrogens with one attached hydrogen (secondary N) is 2. The Morgan fingerprint density at radius 3 is 1.86 bits per heavy atom. The number of carbonyl (C=O) groups excluding carboxylic acids is 2. The summed E-state index contributed by atoms with van der Waals surface area (Å²) >= 11 is 1.19. The van der Waals surface area contributed by atoms with E-state index in [0.717, 1.165) is 21.6 Å². The van der Waals surface area contributed by atoms with Crippen LogP contribution in [0.1, 0.15) is 32.4 Å². The van der Waals surface area contributed by atoms with Crippen LogP contribution in [0, 0.1) is 6.92 Å². The van der Waals surface area contributed by atoms with Crippen molar-refractivity contribution < 1.29 is 24.2 Å². The summed E-state index contributed by atoms with van der Waals surface area (Å²) in [7, 11) is 0. The summed E-state index contributed by atoms with van der Waals surface area (Å²) in [5.41, 5.74) is 3.20. The topological polar surface area (TPSA) is 105 Å². The highest BCUT2D eigenvalue weighted by molar-refractivity contribution is 7.17. The van der Waals surface area contributed by atoms with Crippen LogP contribution in [0.4, 0.5) is 5.00 Å². The molecule has 0 atom stereocenters. The van der Waals surface area contributed by atoms with Gasteiger partial charge in [-0.05, 0) is 23.6 Å². The summed E-state index contributed by atoms with van der Waals surface area (Å²) in [6.07, 6.45) is 0. The maximum atomic E-state index is 12.6. The van der Waals surface area contributed by atoms with Crippen molar-refractivity contribution in [3.63, 3.8) is 0 Å². The standard InChI is InChI=1S/C29H26N2O5S/c1-19-25(20-11-5-2-6-12-20)26(29(34)35)28(37-19)31-24(33)18-36-17-23(32)30-27(21-13-7-3-8-14-21)22-15-9-4-10-16-22/h2-16,27H,17-18H2,1H3,(H,30,32)(H,31,33)(H,34,35). The fourth-order valence-corrected chi connectivity index (χ4v) is 5.13. The molecule has 4 rings (SSSR count). The quantitative estimate of drug-likeness (QED) is 0.267. The molecule has 0 unspecified atom stereocenters. The van der Waals surface area contributed by atoms with Crippen molar-refractivity contribution in [3.8, 4) is 11.1 Å². The first kappa shape index (κ1) is 25.8. The Labute approximate surface area is 218 Å². The number of hydrogen-bond acceptors (Lipinski definition) is 5. The third-order valence-corrected chi connectivity index (χ3v) is 6.67. The molecule has 37 heavy (non-hydrogen) atoms. The van der Waals surface area contributed by atoms with Crippen LogP contribution in [0.3, 0.4) is 0 Å². The maximum absolute atomic E-state index is 12.6. The lowest BCUT2D eigenvalue weighted by Gasteiger charge is -2.20. The first-order chi connectivity index (χ1) is 17.9. The number of rotatable bonds is 10. The Bertz CT molecular complexity index is 1330. The van der Waals surface area contributed by atoms with Crippen LogP contribution in [-0.2, 0) is 14.3 Å². The van der Waals surface area contributed by atoms with Gasteiger partial charge in [0, 0.05) is 10.4 Å². The van der Waals surface area contributed by atoms with Crippen LogP contribution in [0.2, 0.25) is 0 Å². The number of aromatic carboxylic acids is 1. The molecule has 0 spiro atoms. The van der Waals surface area contributed by atoms with Crippen molar-refractivity contribution in [1.29, 1.82) is 0 Å². The highest BCUT2D eigenvalue weighted by Gasteiger charge is 2.24. The molecule has 0 saturated carbocycles. The Balaban J connectivity index is 1.37. The Hall–Kier alpha value is -4.27. The molecular weight excluding hydrogens is 488 g/mol. The second-order valence-electron chi connectivity index (χ2n) is 8.27. The third kappa shape index (κ3) is 6.49. The number of carboxylic acids is 1. The minimum Gasteiger partial charge on any atom is -0.478 e. The Kier molecular flexibility index (Phi) is 8.45. The van der Waals surface area contributed by atoms with E-state index in [2.05, 4.69) is 10.6 Å². The lowest BCUT2D eigenvalue weighted by atomic mass is 9.99. The highest BCUT2D eigenvalue weighted by atomic mass is 32.1. The molecule has 0 saturated heterocycles. The van der Waals surface area contributed by atoms with E-state index in [1.165, 1.54) is 11.3 Å². The summed E-state index contributed by atoms with van der Waals surface area (Å²) in [6.45, 7) is 1.09. The monoisotopic (exact) mass is 514 g/mol. The number of amides is 2. The zero-order valence-corrected chi connectivity index (χ0v) is 21.0. The number of carboxylic acid groups (broad SMARTS) is 1. The minimum atomic E-state index is -1.13. The molecule has 0 radical (unpaired) electrons. The number of ether oxygens (including phenoxy) is 1. The van der Waals surface area contributed by atoms with E-state index in [1.54, 1.807) is 0 Å². The number of benzene rings is 3. The molecule has 8 heteroatoms. The molecule has 0 aliphatic rings. The van der Waals surface area contributed by atoms with E-state index < -0.39 is 18.5 Å². The minimum absolute atomic E-state index is 0.0355. The van der Waals surface area contributed by atoms with Gasteiger partial charge >= 0.3 is 5.97 Å². The number of anilines is 1. The molecule has 1 heterocycles. The fraction of sp³-hybridized carbons (Fsp3) is 0.138. The fourth-order valence-electron chi connectivity index (χ4n) is 4.04. The Morgan fingerprint density at radius 2 is 1.32 bits per heavy atom. The molecule has 3 N–H and O–H groups in total. The average Bonchev–Trinajstić information content (AvgIpc) is 3.24. The van der Waals surface area contributed by atoms with Gasteiger partial charge in [0.25, 0.3) is 5.91 Å². The van der Waals surface area contributed by atoms with Crippen molar-refractivity contribution >= 4 is 34.1 Å². The zero-order valence-electron chi connectivity index (χ0n) is 20.1. The van der Waals surface area contributed by atoms with Gasteiger partial charge in [-0.3, -0.25) is 9.59 Å². The number of carbonyl (C=O) groups is 3. The van der Waals surface area contributed by atoms with Crippen LogP contribution < -0.4 is 10.6 Å². The predicted molar refractivity (Wildman–Crippen MR) is 144 cm³/mol. The van der Waals surface area contributed by atoms with E-state index in [-0.39, 0.29) is 29.1 Å². The highest BCUT2D eigenvalue weighted by Crippen LogP contribution is 2.39. The van der Waals surface area contributed by atoms with Gasteiger partial charge in [-0.2, -0.15) is 0 Å². The van der Waals surface area contributed by atoms with Gasteiger partial charge in [-0.25, -0.2) is 4.79 Å². The van der Waals surface area contributed by atoms with Crippen LogP contribution >= 0.6 is 11.3 Å². The smallest absolute Gasteiger partial charge is 0.339 e. The molecule has 1 aromatic heterocycles. The van der Waals surface area contributed by atoms with Gasteiger partial charge in [0.1, 0.15) is 23.8 Å². The number of aryl methyl sites for hydroxylation is 1. The molecule has 4 aromatic rings. The lowest BCUT2D eigenvalue weighted by molar-refractivity contribution is -0.129. The molecule has 0 fully saturated rings. The molecule has 2 amide bonds. The van der Waals surface area contributed by atoms with Gasteiger partial charge in [0.05, 0.1) is 6.04 Å². The van der Waals surface area contributed by atoms with Gasteiger partial charge in [-0.1, -0.05) is 91.0 Å². The van der Waals surface area contributed by atoms with E-state index in [4.69, 9.17) is 4.74 Å². The first-order valence-corrected chi connectivity index (χ1v) is 12.4. The maximum Gasteiger partial charge on any atom is 0.339 e. The van der Waals surface area contributed by atoms with E-state index in [0.29, 0.717) is 5.56 Å². The van der Waals surface area contributed by atoms with Crippen LogP contribution in [-0.4, -0.2) is 36.1 Å². The third-order valence-electron chi connectivity index (χ3n) is 5.65. The van der Waals surface area contributed by atoms with E-state index >= 15 is 0 Å². The van der Waals surface area contributed by atoms with E-state index in [9.17, 15) is 19.5 Å². The van der Waals surface area contributed by atoms with Crippen molar-refractivity contribution in [3.05, 3.63) is 113 Å². The van der Waals surface area contributed by atoms with Crippen molar-refractivity contribution in [2.24, 2.45) is 0 Å². The SMILES string of the molecule is Cc1sc(NC(=O)COCC(=O)NC(c2ccccc2)c2ccccc2)c(C(=O)O)c1-c1ccccc1. The molecular formula is C29H26N2O5S. The lowest BCUT2D eigenvalue weighted by Crippen LogP contribution is -2.33. The average molecular weight is 515 g/mol. The van der Waals surface area contributed by atoms with Crippen molar-refractivity contribution in [2.75, 3.05) is 18.5 Å². The molecule has 3 aromatic carbocycles. The summed E-state index contributed by atoms with van der Waals surface area (Å²) < 4.78 is 5.36. The van der Waals surface area contributed by atoms with Crippen LogP contribution in [0.5, 0.6) is 0 Å². The van der Waals surface area contributed by atoms with Gasteiger partial charge < -0.3 is 20.5 Å². The summed E-state index contributed by atoms with van der Waals surface area (Å²) in [4.78, 5) is 38.0. The summed E-state index contributed by atoms with van der Waals surface area (Å²) in [5, 5.41) is 15.6. The van der Waals surface area contributed by atoms with Crippen molar-refractivity contribution in [1.82, 2.24) is 5.32 Å². The Morgan fingerprint density at radius 1 is 0.811 bits per heavy atom. The molecule has 0 aliphatic carbocycles. The second kappa shape index (κ2) is 12.1. The van der Waals surface area contributed by atoms with Crippen LogP contribution in [0.25, 0.3) is 11.1 Å². The zero-order chi connectivity index (χ0) is 26.2. The molecule has 0 aliphatic heterocycles. The van der Waals surface area contributed by atoms with E-state index in [1.807, 2.05) is 97.9 Å². The number of thiophene rings is 1. The van der Waals surface area contributed by atoms with Gasteiger partial charge in [0.2, 0.25) is 5.91 Å². The largest absolute Gasteiger partial charge is 0.478 e. The van der Waals surface area contributed by atoms with Gasteiger partial charge in [0.15, 0.2) is 0 Å². The van der Waals surface area contributed by atoms with Gasteiger partial charge in [-0.15, -0.1) is 11.3 Å². The van der Waals surface area contributed by atoms with Crippen LogP contribution in [0.15, 0.2) is 91.0 Å². The first-order valence-electron chi connectivity index (χ1n) is 11.6.